The van der Waals surface area contributed by atoms with Gasteiger partial charge in [0, 0.05) is 0 Å². The van der Waals surface area contributed by atoms with E-state index in [1.54, 1.807) is 27.7 Å². The van der Waals surface area contributed by atoms with Crippen molar-refractivity contribution in [3.8, 4) is 0 Å². The van der Waals surface area contributed by atoms with Crippen LogP contribution >= 0.6 is 0 Å². The summed E-state index contributed by atoms with van der Waals surface area (Å²) in [7, 11) is 0. The Balaban J connectivity index is 1.68. The average Bonchev–Trinajstić information content (AvgIpc) is 2.82. The van der Waals surface area contributed by atoms with Gasteiger partial charge in [0.15, 0.2) is 5.78 Å². The maximum atomic E-state index is 13.1. The highest BCUT2D eigenvalue weighted by Gasteiger charge is 2.26. The molecule has 0 saturated carbocycles. The molecule has 0 bridgehead atoms. The van der Waals surface area contributed by atoms with E-state index in [-0.39, 0.29) is 12.4 Å². The number of fused-ring (bicyclic) bond motifs is 1. The monoisotopic (exact) mass is 490 g/mol. The van der Waals surface area contributed by atoms with Crippen molar-refractivity contribution in [2.45, 2.75) is 58.4 Å². The minimum atomic E-state index is -0.892. The SMILES string of the molecule is C[C@H](NC(=O)OC(C)(C)C)C(=O)N[C@H](Cc1ccc2ccccc2c1)C(=O)COCc1ccccc1. The van der Waals surface area contributed by atoms with E-state index in [9.17, 15) is 14.4 Å². The molecule has 0 heterocycles. The van der Waals surface area contributed by atoms with E-state index in [2.05, 4.69) is 10.6 Å². The number of ketones is 1. The Morgan fingerprint density at radius 1 is 0.833 bits per heavy atom. The van der Waals surface area contributed by atoms with Crippen molar-refractivity contribution in [1.82, 2.24) is 10.6 Å². The van der Waals surface area contributed by atoms with E-state index in [0.29, 0.717) is 13.0 Å². The summed E-state index contributed by atoms with van der Waals surface area (Å²) in [5.74, 6) is -0.736. The Hall–Kier alpha value is -3.71. The van der Waals surface area contributed by atoms with Crippen LogP contribution < -0.4 is 10.6 Å². The summed E-state index contributed by atoms with van der Waals surface area (Å²) < 4.78 is 10.9. The summed E-state index contributed by atoms with van der Waals surface area (Å²) in [6.07, 6.45) is -0.405. The zero-order valence-corrected chi connectivity index (χ0v) is 21.2. The molecule has 7 nitrogen and oxygen atoms in total. The second kappa shape index (κ2) is 12.3. The zero-order chi connectivity index (χ0) is 26.1. The fraction of sp³-hybridized carbons (Fsp3) is 0.345. The van der Waals surface area contributed by atoms with E-state index in [1.165, 1.54) is 0 Å². The number of hydrogen-bond acceptors (Lipinski definition) is 5. The topological polar surface area (TPSA) is 93.7 Å². The molecule has 0 spiro atoms. The molecule has 0 aliphatic heterocycles. The lowest BCUT2D eigenvalue weighted by Gasteiger charge is -2.23. The van der Waals surface area contributed by atoms with Gasteiger partial charge in [-0.2, -0.15) is 0 Å². The van der Waals surface area contributed by atoms with Crippen molar-refractivity contribution >= 4 is 28.6 Å². The molecule has 0 aliphatic carbocycles. The summed E-state index contributed by atoms with van der Waals surface area (Å²) >= 11 is 0. The minimum Gasteiger partial charge on any atom is -0.444 e. The van der Waals surface area contributed by atoms with Crippen LogP contribution in [-0.2, 0) is 32.1 Å². The van der Waals surface area contributed by atoms with E-state index in [1.807, 2.05) is 72.8 Å². The molecule has 0 unspecified atom stereocenters. The van der Waals surface area contributed by atoms with Crippen molar-refractivity contribution in [3.05, 3.63) is 83.9 Å². The molecule has 0 aliphatic rings. The molecule has 2 atom stereocenters. The Morgan fingerprint density at radius 2 is 1.50 bits per heavy atom. The fourth-order valence-corrected chi connectivity index (χ4v) is 3.64. The molecule has 0 saturated heterocycles. The van der Waals surface area contributed by atoms with Gasteiger partial charge in [-0.1, -0.05) is 72.8 Å². The lowest BCUT2D eigenvalue weighted by atomic mass is 9.99. The number of amides is 2. The largest absolute Gasteiger partial charge is 0.444 e. The lowest BCUT2D eigenvalue weighted by molar-refractivity contribution is -0.131. The molecule has 3 aromatic carbocycles. The second-order valence-corrected chi connectivity index (χ2v) is 9.76. The molecule has 36 heavy (non-hydrogen) atoms. The molecule has 0 aromatic heterocycles. The third-order valence-corrected chi connectivity index (χ3v) is 5.44. The summed E-state index contributed by atoms with van der Waals surface area (Å²) in [6, 6.07) is 21.7. The molecule has 3 rings (SSSR count). The van der Waals surface area contributed by atoms with Gasteiger partial charge in [0.25, 0.3) is 0 Å². The number of Topliss-reactive ketones (excluding diaryl/α,β-unsaturated/α-hetero) is 1. The van der Waals surface area contributed by atoms with Crippen molar-refractivity contribution < 1.29 is 23.9 Å². The standard InChI is InChI=1S/C29H34N2O5/c1-20(30-28(34)36-29(2,3)4)27(33)31-25(26(32)19-35-18-21-10-6-5-7-11-21)17-22-14-15-23-12-8-9-13-24(23)16-22/h5-16,20,25H,17-19H2,1-4H3,(H,30,34)(H,31,33)/t20-,25+/m0/s1. The molecular weight excluding hydrogens is 456 g/mol. The molecule has 2 amide bonds. The van der Waals surface area contributed by atoms with Gasteiger partial charge in [0.05, 0.1) is 12.6 Å². The minimum absolute atomic E-state index is 0.151. The molecule has 190 valence electrons. The van der Waals surface area contributed by atoms with Crippen LogP contribution in [-0.4, -0.2) is 42.1 Å². The Bertz CT molecular complexity index is 1190. The third kappa shape index (κ3) is 8.50. The van der Waals surface area contributed by atoms with Crippen LogP contribution in [0.3, 0.4) is 0 Å². The third-order valence-electron chi connectivity index (χ3n) is 5.44. The van der Waals surface area contributed by atoms with Crippen LogP contribution in [0.25, 0.3) is 10.8 Å². The summed E-state index contributed by atoms with van der Waals surface area (Å²) in [5, 5.41) is 7.45. The Kier molecular flexibility index (Phi) is 9.19. The van der Waals surface area contributed by atoms with Crippen LogP contribution in [0.2, 0.25) is 0 Å². The maximum absolute atomic E-state index is 13.1. The first-order valence-corrected chi connectivity index (χ1v) is 12.0. The number of alkyl carbamates (subject to hydrolysis) is 1. The highest BCUT2D eigenvalue weighted by molar-refractivity contribution is 5.93. The number of carbonyl (C=O) groups excluding carboxylic acids is 3. The predicted molar refractivity (Wildman–Crippen MR) is 140 cm³/mol. The van der Waals surface area contributed by atoms with Gasteiger partial charge in [-0.05, 0) is 56.0 Å². The quantitative estimate of drug-likeness (QED) is 0.434. The van der Waals surface area contributed by atoms with Crippen molar-refractivity contribution in [3.63, 3.8) is 0 Å². The van der Waals surface area contributed by atoms with Crippen LogP contribution in [0.4, 0.5) is 4.79 Å². The molecule has 0 fully saturated rings. The van der Waals surface area contributed by atoms with E-state index in [0.717, 1.165) is 21.9 Å². The first-order valence-electron chi connectivity index (χ1n) is 12.0. The number of benzene rings is 3. The van der Waals surface area contributed by atoms with Gasteiger partial charge in [-0.15, -0.1) is 0 Å². The smallest absolute Gasteiger partial charge is 0.408 e. The number of hydrogen-bond donors (Lipinski definition) is 2. The molecule has 3 aromatic rings. The van der Waals surface area contributed by atoms with Gasteiger partial charge in [-0.3, -0.25) is 9.59 Å². The number of nitrogens with one attached hydrogen (secondary N) is 2. The van der Waals surface area contributed by atoms with E-state index >= 15 is 0 Å². The molecule has 7 heteroatoms. The molecule has 0 radical (unpaired) electrons. The van der Waals surface area contributed by atoms with Gasteiger partial charge in [0.2, 0.25) is 5.91 Å². The van der Waals surface area contributed by atoms with Crippen LogP contribution in [0, 0.1) is 0 Å². The fourth-order valence-electron chi connectivity index (χ4n) is 3.64. The van der Waals surface area contributed by atoms with E-state index in [4.69, 9.17) is 9.47 Å². The van der Waals surface area contributed by atoms with Crippen LogP contribution in [0.15, 0.2) is 72.8 Å². The summed E-state index contributed by atoms with van der Waals surface area (Å²) in [6.45, 7) is 6.91. The van der Waals surface area contributed by atoms with E-state index < -0.39 is 29.7 Å². The van der Waals surface area contributed by atoms with Crippen LogP contribution in [0.5, 0.6) is 0 Å². The summed E-state index contributed by atoms with van der Waals surface area (Å²) in [4.78, 5) is 38.1. The molecule has 2 N–H and O–H groups in total. The van der Waals surface area contributed by atoms with Crippen LogP contribution in [0.1, 0.15) is 38.8 Å². The van der Waals surface area contributed by atoms with Crippen molar-refractivity contribution in [1.29, 1.82) is 0 Å². The number of ether oxygens (including phenoxy) is 2. The average molecular weight is 491 g/mol. The highest BCUT2D eigenvalue weighted by Crippen LogP contribution is 2.17. The normalized spacial score (nSPS) is 13.0. The highest BCUT2D eigenvalue weighted by atomic mass is 16.6. The Morgan fingerprint density at radius 3 is 2.19 bits per heavy atom. The lowest BCUT2D eigenvalue weighted by Crippen LogP contribution is -2.52. The maximum Gasteiger partial charge on any atom is 0.408 e. The second-order valence-electron chi connectivity index (χ2n) is 9.76. The number of rotatable bonds is 10. The first-order chi connectivity index (χ1) is 17.1. The molecular formula is C29H34N2O5. The van der Waals surface area contributed by atoms with Gasteiger partial charge in [0.1, 0.15) is 18.2 Å². The van der Waals surface area contributed by atoms with Crippen molar-refractivity contribution in [2.75, 3.05) is 6.61 Å². The van der Waals surface area contributed by atoms with Gasteiger partial charge in [-0.25, -0.2) is 4.79 Å². The van der Waals surface area contributed by atoms with Crippen molar-refractivity contribution in [2.24, 2.45) is 0 Å². The van der Waals surface area contributed by atoms with Gasteiger partial charge >= 0.3 is 6.09 Å². The Labute approximate surface area is 212 Å². The summed E-state index contributed by atoms with van der Waals surface area (Å²) in [5.41, 5.74) is 1.17. The van der Waals surface area contributed by atoms with Gasteiger partial charge < -0.3 is 20.1 Å². The zero-order valence-electron chi connectivity index (χ0n) is 21.2. The number of carbonyl (C=O) groups is 3. The first kappa shape index (κ1) is 26.9. The predicted octanol–water partition coefficient (Wildman–Crippen LogP) is 4.57.